The van der Waals surface area contributed by atoms with Gasteiger partial charge in [-0.3, -0.25) is 0 Å². The molecule has 0 aliphatic rings. The van der Waals surface area contributed by atoms with Crippen molar-refractivity contribution in [1.82, 2.24) is 0 Å². The van der Waals surface area contributed by atoms with Gasteiger partial charge in [0, 0.05) is 0 Å². The van der Waals surface area contributed by atoms with Crippen molar-refractivity contribution in [2.24, 2.45) is 0 Å². The molecule has 0 aromatic heterocycles. The Morgan fingerprint density at radius 3 is 0.552 bits per heavy atom. The molecular weight excluding hydrogens is 728 g/mol. The maximum absolute atomic E-state index is 7.88. The van der Waals surface area contributed by atoms with Gasteiger partial charge in [0.2, 0.25) is 0 Å². The van der Waals surface area contributed by atoms with Gasteiger partial charge in [-0.15, -0.1) is 0 Å². The minimum atomic E-state index is -1.52. The lowest BCUT2D eigenvalue weighted by Gasteiger charge is -2.45. The minimum Gasteiger partial charge on any atom is -0.306 e. The molecule has 0 aliphatic heterocycles. The summed E-state index contributed by atoms with van der Waals surface area (Å²) < 4.78 is 23.6. The average Bonchev–Trinajstić information content (AvgIpc) is 3.23. The van der Waals surface area contributed by atoms with Crippen LogP contribution in [-0.2, 0) is 13.6 Å². The summed E-state index contributed by atoms with van der Waals surface area (Å²) in [5.74, 6) is 0. The van der Waals surface area contributed by atoms with Crippen molar-refractivity contribution in [3.63, 3.8) is 0 Å². The van der Waals surface area contributed by atoms with E-state index in [1.807, 2.05) is 0 Å². The van der Waals surface area contributed by atoms with E-state index in [4.69, 9.17) is 13.6 Å². The van der Waals surface area contributed by atoms with Gasteiger partial charge in [0.15, 0.2) is 0 Å². The van der Waals surface area contributed by atoms with Crippen molar-refractivity contribution in [2.75, 3.05) is 0 Å². The maximum Gasteiger partial charge on any atom is 0.334 e. The number of hydrogen-bond acceptors (Lipinski definition) is 3. The van der Waals surface area contributed by atoms with E-state index in [0.29, 0.717) is 0 Å². The highest BCUT2D eigenvalue weighted by Crippen LogP contribution is 2.58. The summed E-state index contributed by atoms with van der Waals surface area (Å²) in [5, 5.41) is 0. The van der Waals surface area contributed by atoms with Crippen LogP contribution in [0.1, 0.15) is 332 Å². The second kappa shape index (κ2) is 41.3. The molecule has 0 aliphatic carbocycles. The number of hydrogen-bond donors (Lipinski definition) is 0. The van der Waals surface area contributed by atoms with Crippen LogP contribution in [0.25, 0.3) is 0 Å². The van der Waals surface area contributed by atoms with Crippen LogP contribution in [0.2, 0.25) is 0 Å². The smallest absolute Gasteiger partial charge is 0.306 e. The molecule has 0 N–H and O–H groups in total. The van der Waals surface area contributed by atoms with Gasteiger partial charge in [-0.2, -0.15) is 0 Å². The first-order chi connectivity index (χ1) is 28.3. The standard InChI is InChI=1S/C54H111O3P/c1-10-19-28-31-34-37-40-49-52(43-22-13-4,44-23-14-5)55-58(56-53(45-24-15-6,46-25-16-7)50-41-38-35-32-29-20-11-2)57-54(47-26-17-8,48-27-18-9)51-42-39-36-33-30-21-12-3/h10-51H2,1-9H3. The summed E-state index contributed by atoms with van der Waals surface area (Å²) >= 11 is 0. The summed E-state index contributed by atoms with van der Waals surface area (Å²) in [5.41, 5.74) is -0.452. The molecule has 4 heteroatoms. The fourth-order valence-corrected chi connectivity index (χ4v) is 11.2. The molecule has 350 valence electrons. The molecule has 0 unspecified atom stereocenters. The van der Waals surface area contributed by atoms with Gasteiger partial charge in [-0.1, -0.05) is 274 Å². The highest BCUT2D eigenvalue weighted by molar-refractivity contribution is 7.41. The van der Waals surface area contributed by atoms with E-state index >= 15 is 0 Å². The topological polar surface area (TPSA) is 27.7 Å². The Balaban J connectivity index is 7.09. The zero-order chi connectivity index (χ0) is 42.9. The fourth-order valence-electron chi connectivity index (χ4n) is 9.27. The summed E-state index contributed by atoms with van der Waals surface area (Å²) in [7, 11) is -1.52. The van der Waals surface area contributed by atoms with Crippen molar-refractivity contribution < 1.29 is 13.6 Å². The predicted molar refractivity (Wildman–Crippen MR) is 263 cm³/mol. The Labute approximate surface area is 369 Å². The third-order valence-corrected chi connectivity index (χ3v) is 15.0. The SMILES string of the molecule is CCCCCCCCCC(CCCC)(CCCC)OP(OC(CCCC)(CCCC)CCCCCCCCC)OC(CCCC)(CCCC)CCCCCCCCC. The highest BCUT2D eigenvalue weighted by Gasteiger charge is 2.44. The molecule has 0 saturated heterocycles. The van der Waals surface area contributed by atoms with Gasteiger partial charge in [0.1, 0.15) is 0 Å². The molecule has 0 rings (SSSR count). The molecule has 0 fully saturated rings. The number of rotatable bonds is 48. The molecule has 0 radical (unpaired) electrons. The minimum absolute atomic E-state index is 0.151. The van der Waals surface area contributed by atoms with Crippen molar-refractivity contribution in [1.29, 1.82) is 0 Å². The molecule has 0 saturated carbocycles. The van der Waals surface area contributed by atoms with Crippen LogP contribution in [-0.4, -0.2) is 16.8 Å². The van der Waals surface area contributed by atoms with E-state index in [9.17, 15) is 0 Å². The summed E-state index contributed by atoms with van der Waals surface area (Å²) in [6.45, 7) is 21.2. The first-order valence-corrected chi connectivity index (χ1v) is 28.3. The third-order valence-electron chi connectivity index (χ3n) is 13.4. The molecule has 3 nitrogen and oxygen atoms in total. The first-order valence-electron chi connectivity index (χ1n) is 27.2. The highest BCUT2D eigenvalue weighted by atomic mass is 31.2. The largest absolute Gasteiger partial charge is 0.334 e. The van der Waals surface area contributed by atoms with Crippen molar-refractivity contribution in [2.45, 2.75) is 349 Å². The van der Waals surface area contributed by atoms with Crippen molar-refractivity contribution in [3.8, 4) is 0 Å². The monoisotopic (exact) mass is 839 g/mol. The van der Waals surface area contributed by atoms with Crippen LogP contribution < -0.4 is 0 Å². The summed E-state index contributed by atoms with van der Waals surface area (Å²) in [6.07, 6.45) is 53.4. The summed E-state index contributed by atoms with van der Waals surface area (Å²) in [6, 6.07) is 0. The normalized spacial score (nSPS) is 12.7. The van der Waals surface area contributed by atoms with E-state index < -0.39 is 8.60 Å². The van der Waals surface area contributed by atoms with Crippen LogP contribution in [0.5, 0.6) is 0 Å². The van der Waals surface area contributed by atoms with Gasteiger partial charge >= 0.3 is 8.60 Å². The molecule has 58 heavy (non-hydrogen) atoms. The lowest BCUT2D eigenvalue weighted by molar-refractivity contribution is -0.0695. The van der Waals surface area contributed by atoms with Gasteiger partial charge in [0.25, 0.3) is 0 Å². The quantitative estimate of drug-likeness (QED) is 0.0451. The van der Waals surface area contributed by atoms with E-state index in [2.05, 4.69) is 62.3 Å². The molecule has 0 heterocycles. The van der Waals surface area contributed by atoms with E-state index in [1.165, 1.54) is 212 Å². The first kappa shape index (κ1) is 58.3. The second-order valence-electron chi connectivity index (χ2n) is 19.3. The van der Waals surface area contributed by atoms with Crippen LogP contribution >= 0.6 is 8.60 Å². The van der Waals surface area contributed by atoms with Gasteiger partial charge in [-0.25, -0.2) is 0 Å². The van der Waals surface area contributed by atoms with Crippen LogP contribution in [0.4, 0.5) is 0 Å². The van der Waals surface area contributed by atoms with Gasteiger partial charge in [0.05, 0.1) is 16.8 Å². The van der Waals surface area contributed by atoms with E-state index in [0.717, 1.165) is 57.8 Å². The molecule has 0 atom stereocenters. The lowest BCUT2D eigenvalue weighted by Crippen LogP contribution is -2.39. The molecule has 0 spiro atoms. The van der Waals surface area contributed by atoms with Crippen LogP contribution in [0, 0.1) is 0 Å². The maximum atomic E-state index is 7.88. The van der Waals surface area contributed by atoms with E-state index in [1.54, 1.807) is 0 Å². The molecule has 0 amide bonds. The van der Waals surface area contributed by atoms with E-state index in [-0.39, 0.29) is 16.8 Å². The fraction of sp³-hybridized carbons (Fsp3) is 1.00. The third kappa shape index (κ3) is 30.4. The predicted octanol–water partition coefficient (Wildman–Crippen LogP) is 21.0. The zero-order valence-electron chi connectivity index (χ0n) is 41.9. The van der Waals surface area contributed by atoms with Gasteiger partial charge < -0.3 is 13.6 Å². The van der Waals surface area contributed by atoms with Crippen LogP contribution in [0.3, 0.4) is 0 Å². The zero-order valence-corrected chi connectivity index (χ0v) is 42.8. The Morgan fingerprint density at radius 2 is 0.362 bits per heavy atom. The second-order valence-corrected chi connectivity index (χ2v) is 20.3. The molecular formula is C54H111O3P. The Kier molecular flexibility index (Phi) is 41.5. The lowest BCUT2D eigenvalue weighted by atomic mass is 9.86. The van der Waals surface area contributed by atoms with Gasteiger partial charge in [-0.05, 0) is 57.8 Å². The summed E-state index contributed by atoms with van der Waals surface area (Å²) in [4.78, 5) is 0. The van der Waals surface area contributed by atoms with Crippen molar-refractivity contribution in [3.05, 3.63) is 0 Å². The van der Waals surface area contributed by atoms with Crippen molar-refractivity contribution >= 4 is 8.60 Å². The Hall–Kier alpha value is 0.310. The Morgan fingerprint density at radius 1 is 0.207 bits per heavy atom. The molecule has 0 aromatic rings. The molecule has 0 bridgehead atoms. The average molecular weight is 839 g/mol. The van der Waals surface area contributed by atoms with Crippen LogP contribution in [0.15, 0.2) is 0 Å². The Bertz CT molecular complexity index is 687. The molecule has 0 aromatic carbocycles. The number of unbranched alkanes of at least 4 members (excludes halogenated alkanes) is 24.